The number of anilines is 1. The molecule has 0 aromatic heterocycles. The molecule has 1 fully saturated rings. The molecule has 19 heavy (non-hydrogen) atoms. The van der Waals surface area contributed by atoms with E-state index in [-0.39, 0.29) is 5.92 Å². The number of piperazine rings is 1. The fraction of sp³-hybridized carbons (Fsp3) is 0.429. The molecule has 1 aromatic carbocycles. The third kappa shape index (κ3) is 2.76. The molecule has 5 heteroatoms. The molecule has 102 valence electrons. The second kappa shape index (κ2) is 5.84. The van der Waals surface area contributed by atoms with Gasteiger partial charge in [0.1, 0.15) is 0 Å². The Hall–Kier alpha value is -1.88. The summed E-state index contributed by atoms with van der Waals surface area (Å²) in [6.07, 6.45) is 0.852. The second-order valence-corrected chi connectivity index (χ2v) is 4.75. The maximum atomic E-state index is 11.9. The van der Waals surface area contributed by atoms with E-state index in [1.807, 2.05) is 24.3 Å². The van der Waals surface area contributed by atoms with Crippen molar-refractivity contribution in [3.8, 4) is 0 Å². The summed E-state index contributed by atoms with van der Waals surface area (Å²) in [5, 5.41) is 2.56. The number of para-hydroxylation sites is 1. The van der Waals surface area contributed by atoms with Crippen molar-refractivity contribution in [2.75, 3.05) is 24.5 Å². The van der Waals surface area contributed by atoms with Crippen LogP contribution < -0.4 is 16.0 Å². The highest BCUT2D eigenvalue weighted by molar-refractivity contribution is 6.41. The van der Waals surface area contributed by atoms with Crippen molar-refractivity contribution in [1.82, 2.24) is 5.32 Å². The molecule has 1 aliphatic heterocycles. The Morgan fingerprint density at radius 3 is 2.84 bits per heavy atom. The summed E-state index contributed by atoms with van der Waals surface area (Å²) in [6.45, 7) is 3.69. The van der Waals surface area contributed by atoms with Crippen LogP contribution in [-0.2, 0) is 9.59 Å². The van der Waals surface area contributed by atoms with Crippen LogP contribution in [0.3, 0.4) is 0 Å². The fourth-order valence-electron chi connectivity index (χ4n) is 2.37. The SMILES string of the molecule is CC(CCN)c1ccccc1N1CCNC(=O)C1=O. The summed E-state index contributed by atoms with van der Waals surface area (Å²) in [6, 6.07) is 7.71. The standard InChI is InChI=1S/C14H19N3O2/c1-10(6-7-15)11-4-2-3-5-12(11)17-9-8-16-13(18)14(17)19/h2-5,10H,6-9,15H2,1H3,(H,16,18). The summed E-state index contributed by atoms with van der Waals surface area (Å²) in [5.41, 5.74) is 7.49. The summed E-state index contributed by atoms with van der Waals surface area (Å²) < 4.78 is 0. The summed E-state index contributed by atoms with van der Waals surface area (Å²) in [4.78, 5) is 25.0. The number of nitrogens with two attached hydrogens (primary N) is 1. The summed E-state index contributed by atoms with van der Waals surface area (Å²) in [5.74, 6) is -0.759. The number of rotatable bonds is 4. The smallest absolute Gasteiger partial charge is 0.316 e. The number of amides is 2. The van der Waals surface area contributed by atoms with Crippen LogP contribution in [0.4, 0.5) is 5.69 Å². The van der Waals surface area contributed by atoms with Crippen molar-refractivity contribution in [2.24, 2.45) is 5.73 Å². The van der Waals surface area contributed by atoms with Gasteiger partial charge in [-0.25, -0.2) is 0 Å². The van der Waals surface area contributed by atoms with Crippen LogP contribution in [0.25, 0.3) is 0 Å². The largest absolute Gasteiger partial charge is 0.346 e. The number of benzene rings is 1. The van der Waals surface area contributed by atoms with Crippen molar-refractivity contribution in [3.05, 3.63) is 29.8 Å². The van der Waals surface area contributed by atoms with Gasteiger partial charge in [0, 0.05) is 18.8 Å². The van der Waals surface area contributed by atoms with Crippen molar-refractivity contribution in [2.45, 2.75) is 19.3 Å². The van der Waals surface area contributed by atoms with Gasteiger partial charge in [0.25, 0.3) is 0 Å². The molecule has 3 N–H and O–H groups in total. The molecule has 1 aromatic rings. The maximum absolute atomic E-state index is 11.9. The zero-order valence-electron chi connectivity index (χ0n) is 11.1. The molecule has 2 rings (SSSR count). The molecular weight excluding hydrogens is 242 g/mol. The Kier molecular flexibility index (Phi) is 4.16. The maximum Gasteiger partial charge on any atom is 0.316 e. The minimum Gasteiger partial charge on any atom is -0.346 e. The normalized spacial score (nSPS) is 17.3. The van der Waals surface area contributed by atoms with E-state index in [4.69, 9.17) is 5.73 Å². The summed E-state index contributed by atoms with van der Waals surface area (Å²) >= 11 is 0. The monoisotopic (exact) mass is 261 g/mol. The van der Waals surface area contributed by atoms with E-state index < -0.39 is 11.8 Å². The van der Waals surface area contributed by atoms with Gasteiger partial charge >= 0.3 is 11.8 Å². The molecule has 1 atom stereocenters. The van der Waals surface area contributed by atoms with Crippen molar-refractivity contribution >= 4 is 17.5 Å². The van der Waals surface area contributed by atoms with Crippen LogP contribution in [-0.4, -0.2) is 31.4 Å². The highest BCUT2D eigenvalue weighted by atomic mass is 16.2. The number of hydrogen-bond donors (Lipinski definition) is 2. The Balaban J connectivity index is 2.33. The number of carbonyl (C=O) groups excluding carboxylic acids is 2. The molecule has 1 saturated heterocycles. The quantitative estimate of drug-likeness (QED) is 0.779. The first kappa shape index (κ1) is 13.5. The highest BCUT2D eigenvalue weighted by Gasteiger charge is 2.29. The molecule has 1 unspecified atom stereocenters. The second-order valence-electron chi connectivity index (χ2n) is 4.75. The predicted octanol–water partition coefficient (Wildman–Crippen LogP) is 0.602. The van der Waals surface area contributed by atoms with E-state index >= 15 is 0 Å². The summed E-state index contributed by atoms with van der Waals surface area (Å²) in [7, 11) is 0. The van der Waals surface area contributed by atoms with Gasteiger partial charge in [0.15, 0.2) is 0 Å². The fourth-order valence-corrected chi connectivity index (χ4v) is 2.37. The van der Waals surface area contributed by atoms with Crippen molar-refractivity contribution in [3.63, 3.8) is 0 Å². The van der Waals surface area contributed by atoms with Crippen LogP contribution in [0.15, 0.2) is 24.3 Å². The van der Waals surface area contributed by atoms with Crippen LogP contribution in [0, 0.1) is 0 Å². The van der Waals surface area contributed by atoms with Gasteiger partial charge in [0.05, 0.1) is 0 Å². The van der Waals surface area contributed by atoms with Gasteiger partial charge in [-0.3, -0.25) is 9.59 Å². The van der Waals surface area contributed by atoms with Crippen molar-refractivity contribution in [1.29, 1.82) is 0 Å². The van der Waals surface area contributed by atoms with Crippen LogP contribution in [0.2, 0.25) is 0 Å². The molecule has 1 aliphatic rings. The minimum absolute atomic E-state index is 0.263. The molecule has 0 spiro atoms. The lowest BCUT2D eigenvalue weighted by Crippen LogP contribution is -2.52. The van der Waals surface area contributed by atoms with E-state index in [1.165, 1.54) is 0 Å². The predicted molar refractivity (Wildman–Crippen MR) is 73.9 cm³/mol. The Labute approximate surface area is 112 Å². The van der Waals surface area contributed by atoms with Gasteiger partial charge in [-0.1, -0.05) is 25.1 Å². The number of hydrogen-bond acceptors (Lipinski definition) is 3. The van der Waals surface area contributed by atoms with E-state index in [0.29, 0.717) is 19.6 Å². The van der Waals surface area contributed by atoms with Gasteiger partial charge in [-0.05, 0) is 30.5 Å². The van der Waals surface area contributed by atoms with E-state index in [9.17, 15) is 9.59 Å². The third-order valence-electron chi connectivity index (χ3n) is 3.42. The zero-order valence-corrected chi connectivity index (χ0v) is 11.1. The lowest BCUT2D eigenvalue weighted by molar-refractivity contribution is -0.138. The molecular formula is C14H19N3O2. The lowest BCUT2D eigenvalue weighted by Gasteiger charge is -2.29. The Bertz CT molecular complexity index is 487. The molecule has 2 amide bonds. The first-order valence-corrected chi connectivity index (χ1v) is 6.54. The minimum atomic E-state index is -0.535. The van der Waals surface area contributed by atoms with Gasteiger partial charge in [0.2, 0.25) is 0 Å². The highest BCUT2D eigenvalue weighted by Crippen LogP contribution is 2.29. The Morgan fingerprint density at radius 2 is 2.11 bits per heavy atom. The topological polar surface area (TPSA) is 75.4 Å². The van der Waals surface area contributed by atoms with E-state index in [2.05, 4.69) is 12.2 Å². The molecule has 0 aliphatic carbocycles. The average Bonchev–Trinajstić information content (AvgIpc) is 2.42. The molecule has 0 bridgehead atoms. The molecule has 0 saturated carbocycles. The number of carbonyl (C=O) groups is 2. The third-order valence-corrected chi connectivity index (χ3v) is 3.42. The number of nitrogens with zero attached hydrogens (tertiary/aromatic N) is 1. The first-order chi connectivity index (χ1) is 9.15. The van der Waals surface area contributed by atoms with Crippen LogP contribution in [0.1, 0.15) is 24.8 Å². The first-order valence-electron chi connectivity index (χ1n) is 6.54. The van der Waals surface area contributed by atoms with E-state index in [1.54, 1.807) is 4.90 Å². The van der Waals surface area contributed by atoms with Gasteiger partial charge < -0.3 is 16.0 Å². The van der Waals surface area contributed by atoms with Gasteiger partial charge in [-0.2, -0.15) is 0 Å². The molecule has 1 heterocycles. The van der Waals surface area contributed by atoms with E-state index in [0.717, 1.165) is 17.7 Å². The van der Waals surface area contributed by atoms with Crippen LogP contribution >= 0.6 is 0 Å². The van der Waals surface area contributed by atoms with Crippen LogP contribution in [0.5, 0.6) is 0 Å². The zero-order chi connectivity index (χ0) is 13.8. The molecule has 0 radical (unpaired) electrons. The average molecular weight is 261 g/mol. The molecule has 5 nitrogen and oxygen atoms in total. The van der Waals surface area contributed by atoms with Gasteiger partial charge in [-0.15, -0.1) is 0 Å². The Morgan fingerprint density at radius 1 is 1.37 bits per heavy atom. The number of nitrogens with one attached hydrogen (secondary N) is 1. The van der Waals surface area contributed by atoms with Crippen molar-refractivity contribution < 1.29 is 9.59 Å². The lowest BCUT2D eigenvalue weighted by atomic mass is 9.95.